The third-order valence-electron chi connectivity index (χ3n) is 4.40. The number of amides is 1. The molecule has 158 valence electrons. The number of nitrogens with zero attached hydrogens (tertiary/aromatic N) is 2. The van der Waals surface area contributed by atoms with Crippen LogP contribution in [0.25, 0.3) is 20.7 Å². The van der Waals surface area contributed by atoms with Gasteiger partial charge in [-0.3, -0.25) is 19.0 Å². The van der Waals surface area contributed by atoms with Gasteiger partial charge in [-0.25, -0.2) is 4.98 Å². The second kappa shape index (κ2) is 9.53. The number of benzene rings is 1. The molecule has 0 fully saturated rings. The smallest absolute Gasteiger partial charge is 0.326 e. The Morgan fingerprint density at radius 1 is 1.27 bits per heavy atom. The summed E-state index contributed by atoms with van der Waals surface area (Å²) in [6.45, 7) is 3.61. The summed E-state index contributed by atoms with van der Waals surface area (Å²) in [6.07, 6.45) is 1.17. The van der Waals surface area contributed by atoms with Crippen molar-refractivity contribution >= 4 is 33.4 Å². The summed E-state index contributed by atoms with van der Waals surface area (Å²) in [5, 5.41) is 2.66. The van der Waals surface area contributed by atoms with Crippen LogP contribution in [0.15, 0.2) is 41.5 Å². The number of hydrogen-bond acceptors (Lipinski definition) is 7. The molecule has 3 aromatic rings. The van der Waals surface area contributed by atoms with Gasteiger partial charge in [0.1, 0.15) is 17.0 Å². The summed E-state index contributed by atoms with van der Waals surface area (Å²) in [5.74, 6) is -0.297. The Hall–Kier alpha value is -3.20. The standard InChI is InChI=1S/C21H23N3O5S/c1-4-9-22-20(26)13(2)29-18(25)11-24-12-23-16-10-17(30-19(16)21(24)27)14-5-7-15(28-3)8-6-14/h5-8,10,12-13H,4,9,11H2,1-3H3,(H,22,26). The second-order valence-electron chi connectivity index (χ2n) is 6.65. The van der Waals surface area contributed by atoms with Gasteiger partial charge in [0, 0.05) is 11.4 Å². The van der Waals surface area contributed by atoms with E-state index in [9.17, 15) is 14.4 Å². The number of thiophene rings is 1. The van der Waals surface area contributed by atoms with E-state index in [0.717, 1.165) is 22.6 Å². The number of ether oxygens (including phenoxy) is 2. The molecule has 3 rings (SSSR count). The zero-order valence-electron chi connectivity index (χ0n) is 17.0. The first-order chi connectivity index (χ1) is 14.4. The van der Waals surface area contributed by atoms with Crippen LogP contribution in [0.4, 0.5) is 0 Å². The van der Waals surface area contributed by atoms with E-state index < -0.39 is 12.1 Å². The molecule has 2 heterocycles. The molecule has 0 aliphatic heterocycles. The zero-order chi connectivity index (χ0) is 21.7. The van der Waals surface area contributed by atoms with Gasteiger partial charge in [-0.2, -0.15) is 0 Å². The number of fused-ring (bicyclic) bond motifs is 1. The third-order valence-corrected chi connectivity index (χ3v) is 5.57. The molecule has 1 atom stereocenters. The first-order valence-electron chi connectivity index (χ1n) is 9.53. The molecule has 1 unspecified atom stereocenters. The first-order valence-corrected chi connectivity index (χ1v) is 10.3. The molecule has 1 N–H and O–H groups in total. The molecule has 2 aromatic heterocycles. The molecule has 0 saturated carbocycles. The lowest BCUT2D eigenvalue weighted by Crippen LogP contribution is -2.37. The van der Waals surface area contributed by atoms with Crippen LogP contribution in [0.2, 0.25) is 0 Å². The highest BCUT2D eigenvalue weighted by atomic mass is 32.1. The van der Waals surface area contributed by atoms with Crippen molar-refractivity contribution in [3.05, 3.63) is 47.0 Å². The number of aromatic nitrogens is 2. The number of rotatable bonds is 8. The van der Waals surface area contributed by atoms with Crippen molar-refractivity contribution in [2.75, 3.05) is 13.7 Å². The highest BCUT2D eigenvalue weighted by molar-refractivity contribution is 7.22. The molecule has 9 heteroatoms. The largest absolute Gasteiger partial charge is 0.497 e. The van der Waals surface area contributed by atoms with Crippen LogP contribution in [-0.4, -0.2) is 41.2 Å². The molecule has 0 bridgehead atoms. The van der Waals surface area contributed by atoms with Crippen LogP contribution in [0.3, 0.4) is 0 Å². The van der Waals surface area contributed by atoms with Gasteiger partial charge in [-0.1, -0.05) is 6.92 Å². The van der Waals surface area contributed by atoms with E-state index in [0.29, 0.717) is 16.8 Å². The summed E-state index contributed by atoms with van der Waals surface area (Å²) in [5.41, 5.74) is 1.17. The fraction of sp³-hybridized carbons (Fsp3) is 0.333. The van der Waals surface area contributed by atoms with Gasteiger partial charge in [0.05, 0.1) is 19.0 Å². The summed E-state index contributed by atoms with van der Waals surface area (Å²) < 4.78 is 11.9. The number of carbonyl (C=O) groups is 2. The Balaban J connectivity index is 1.75. The predicted octanol–water partition coefficient (Wildman–Crippen LogP) is 2.59. The normalized spacial score (nSPS) is 11.8. The predicted molar refractivity (Wildman–Crippen MR) is 115 cm³/mol. The van der Waals surface area contributed by atoms with Crippen LogP contribution in [0.5, 0.6) is 5.75 Å². The molecule has 30 heavy (non-hydrogen) atoms. The summed E-state index contributed by atoms with van der Waals surface area (Å²) in [4.78, 5) is 42.0. The molecule has 0 aliphatic carbocycles. The van der Waals surface area contributed by atoms with Crippen molar-refractivity contribution in [2.24, 2.45) is 0 Å². The Morgan fingerprint density at radius 2 is 2.00 bits per heavy atom. The molecule has 1 amide bonds. The Kier molecular flexibility index (Phi) is 6.83. The SMILES string of the molecule is CCCNC(=O)C(C)OC(=O)Cn1cnc2cc(-c3ccc(OC)cc3)sc2c1=O. The number of methoxy groups -OCH3 is 1. The minimum Gasteiger partial charge on any atom is -0.497 e. The van der Waals surface area contributed by atoms with Gasteiger partial charge in [0.2, 0.25) is 0 Å². The van der Waals surface area contributed by atoms with Gasteiger partial charge in [-0.15, -0.1) is 11.3 Å². The van der Waals surface area contributed by atoms with Crippen LogP contribution in [-0.2, 0) is 20.9 Å². The maximum atomic E-state index is 12.8. The quantitative estimate of drug-likeness (QED) is 0.553. The fourth-order valence-electron chi connectivity index (χ4n) is 2.77. The van der Waals surface area contributed by atoms with Crippen LogP contribution >= 0.6 is 11.3 Å². The van der Waals surface area contributed by atoms with E-state index in [2.05, 4.69) is 10.3 Å². The van der Waals surface area contributed by atoms with Crippen molar-refractivity contribution in [1.82, 2.24) is 14.9 Å². The lowest BCUT2D eigenvalue weighted by molar-refractivity contribution is -0.155. The topological polar surface area (TPSA) is 99.5 Å². The van der Waals surface area contributed by atoms with Gasteiger partial charge >= 0.3 is 5.97 Å². The molecule has 0 radical (unpaired) electrons. The highest BCUT2D eigenvalue weighted by Gasteiger charge is 2.19. The molecular weight excluding hydrogens is 406 g/mol. The Bertz CT molecular complexity index is 1100. The van der Waals surface area contributed by atoms with Gasteiger partial charge in [0.15, 0.2) is 6.10 Å². The summed E-state index contributed by atoms with van der Waals surface area (Å²) in [6, 6.07) is 9.35. The average molecular weight is 429 g/mol. The number of nitrogens with one attached hydrogen (secondary N) is 1. The van der Waals surface area contributed by atoms with Gasteiger partial charge in [-0.05, 0) is 49.2 Å². The van der Waals surface area contributed by atoms with Crippen molar-refractivity contribution < 1.29 is 19.1 Å². The van der Waals surface area contributed by atoms with Crippen molar-refractivity contribution in [2.45, 2.75) is 32.9 Å². The van der Waals surface area contributed by atoms with Gasteiger partial charge < -0.3 is 14.8 Å². The van der Waals surface area contributed by atoms with Crippen molar-refractivity contribution in [3.8, 4) is 16.2 Å². The second-order valence-corrected chi connectivity index (χ2v) is 7.71. The summed E-state index contributed by atoms with van der Waals surface area (Å²) in [7, 11) is 1.60. The minimum atomic E-state index is -0.931. The lowest BCUT2D eigenvalue weighted by Gasteiger charge is -2.13. The Morgan fingerprint density at radius 3 is 2.67 bits per heavy atom. The maximum absolute atomic E-state index is 12.8. The van der Waals surface area contributed by atoms with Crippen LogP contribution in [0.1, 0.15) is 20.3 Å². The summed E-state index contributed by atoms with van der Waals surface area (Å²) >= 11 is 1.31. The maximum Gasteiger partial charge on any atom is 0.326 e. The van der Waals surface area contributed by atoms with Crippen LogP contribution in [0, 0.1) is 0 Å². The first kappa shape index (κ1) is 21.5. The Labute approximate surface area is 177 Å². The van der Waals surface area contributed by atoms with Gasteiger partial charge in [0.25, 0.3) is 11.5 Å². The van der Waals surface area contributed by atoms with E-state index >= 15 is 0 Å². The van der Waals surface area contributed by atoms with E-state index in [1.807, 2.05) is 37.3 Å². The molecule has 8 nitrogen and oxygen atoms in total. The van der Waals surface area contributed by atoms with Crippen molar-refractivity contribution in [1.29, 1.82) is 0 Å². The lowest BCUT2D eigenvalue weighted by atomic mass is 10.2. The monoisotopic (exact) mass is 429 g/mol. The molecule has 0 saturated heterocycles. The molecular formula is C21H23N3O5S. The molecule has 1 aromatic carbocycles. The number of esters is 1. The van der Waals surface area contributed by atoms with Crippen LogP contribution < -0.4 is 15.6 Å². The molecule has 0 aliphatic rings. The van der Waals surface area contributed by atoms with E-state index in [4.69, 9.17) is 9.47 Å². The number of hydrogen-bond donors (Lipinski definition) is 1. The fourth-order valence-corrected chi connectivity index (χ4v) is 3.84. The number of carbonyl (C=O) groups excluding carboxylic acids is 2. The minimum absolute atomic E-state index is 0.317. The van der Waals surface area contributed by atoms with Crippen molar-refractivity contribution in [3.63, 3.8) is 0 Å². The highest BCUT2D eigenvalue weighted by Crippen LogP contribution is 2.31. The average Bonchev–Trinajstić information content (AvgIpc) is 3.19. The molecule has 0 spiro atoms. The zero-order valence-corrected chi connectivity index (χ0v) is 17.8. The van der Waals surface area contributed by atoms with E-state index in [-0.39, 0.29) is 18.0 Å². The third kappa shape index (κ3) is 4.85. The van der Waals surface area contributed by atoms with E-state index in [1.165, 1.54) is 29.2 Å². The van der Waals surface area contributed by atoms with E-state index in [1.54, 1.807) is 7.11 Å².